The van der Waals surface area contributed by atoms with Crippen LogP contribution in [0, 0.1) is 6.92 Å². The van der Waals surface area contributed by atoms with E-state index in [-0.39, 0.29) is 24.7 Å². The third-order valence-corrected chi connectivity index (χ3v) is 6.27. The summed E-state index contributed by atoms with van der Waals surface area (Å²) in [4.78, 5) is 25.6. The Morgan fingerprint density at radius 1 is 1.09 bits per heavy atom. The van der Waals surface area contributed by atoms with Crippen LogP contribution >= 0.6 is 15.9 Å². The van der Waals surface area contributed by atoms with Crippen molar-refractivity contribution in [1.29, 1.82) is 0 Å². The first kappa shape index (κ1) is 22.9. The summed E-state index contributed by atoms with van der Waals surface area (Å²) in [6.07, 6.45) is -0.791. The highest BCUT2D eigenvalue weighted by atomic mass is 79.9. The van der Waals surface area contributed by atoms with Gasteiger partial charge in [0.1, 0.15) is 17.6 Å². The lowest BCUT2D eigenvalue weighted by Gasteiger charge is -2.22. The molecule has 1 aliphatic rings. The average Bonchev–Trinajstić information content (AvgIpc) is 3.06. The molecule has 0 bridgehead atoms. The Labute approximate surface area is 200 Å². The van der Waals surface area contributed by atoms with Crippen molar-refractivity contribution in [2.24, 2.45) is 0 Å². The third-order valence-electron chi connectivity index (χ3n) is 5.77. The number of ether oxygens (including phenoxy) is 2. The molecule has 3 aromatic rings. The molecule has 3 aromatic carbocycles. The number of rotatable bonds is 7. The summed E-state index contributed by atoms with van der Waals surface area (Å²) < 4.78 is 12.7. The van der Waals surface area contributed by atoms with Gasteiger partial charge in [0.05, 0.1) is 19.0 Å². The molecule has 7 heteroatoms. The molecule has 0 unspecified atom stereocenters. The number of benzene rings is 3. The quantitative estimate of drug-likeness (QED) is 0.406. The molecule has 0 radical (unpaired) electrons. The highest BCUT2D eigenvalue weighted by Crippen LogP contribution is 2.36. The van der Waals surface area contributed by atoms with E-state index in [4.69, 9.17) is 14.6 Å². The summed E-state index contributed by atoms with van der Waals surface area (Å²) in [7, 11) is 0. The SMILES string of the molecule is Cc1ccc(Oc2ccc(Br)cc2CN2C(=O)O[C@H](c3ccccc3)[C@@H]2C)cc1CC(=O)O. The topological polar surface area (TPSA) is 76.1 Å². The molecule has 2 atom stereocenters. The van der Waals surface area contributed by atoms with Crippen molar-refractivity contribution in [3.8, 4) is 11.5 Å². The van der Waals surface area contributed by atoms with Crippen LogP contribution in [0.2, 0.25) is 0 Å². The van der Waals surface area contributed by atoms with E-state index in [0.717, 1.165) is 21.2 Å². The Balaban J connectivity index is 1.58. The second-order valence-electron chi connectivity index (χ2n) is 8.10. The number of cyclic esters (lactones) is 1. The number of hydrogen-bond acceptors (Lipinski definition) is 4. The van der Waals surface area contributed by atoms with Gasteiger partial charge in [0.25, 0.3) is 0 Å². The molecule has 6 nitrogen and oxygen atoms in total. The summed E-state index contributed by atoms with van der Waals surface area (Å²) in [5.74, 6) is 0.236. The maximum absolute atomic E-state index is 12.7. The van der Waals surface area contributed by atoms with Gasteiger partial charge in [-0.25, -0.2) is 4.79 Å². The number of carboxylic acids is 1. The zero-order valence-corrected chi connectivity index (χ0v) is 19.9. The number of nitrogens with zero attached hydrogens (tertiary/aromatic N) is 1. The van der Waals surface area contributed by atoms with Crippen molar-refractivity contribution >= 4 is 28.0 Å². The normalized spacial score (nSPS) is 17.7. The highest BCUT2D eigenvalue weighted by molar-refractivity contribution is 9.10. The van der Waals surface area contributed by atoms with E-state index in [0.29, 0.717) is 23.6 Å². The van der Waals surface area contributed by atoms with Gasteiger partial charge in [-0.3, -0.25) is 9.69 Å². The second-order valence-corrected chi connectivity index (χ2v) is 9.01. The van der Waals surface area contributed by atoms with Gasteiger partial charge >= 0.3 is 12.1 Å². The minimum absolute atomic E-state index is 0.0752. The fourth-order valence-corrected chi connectivity index (χ4v) is 4.36. The fourth-order valence-electron chi connectivity index (χ4n) is 3.95. The van der Waals surface area contributed by atoms with Crippen LogP contribution in [0.5, 0.6) is 11.5 Å². The molecular formula is C26H24BrNO5. The Bertz CT molecular complexity index is 1180. The first-order valence-corrected chi connectivity index (χ1v) is 11.4. The predicted octanol–water partition coefficient (Wildman–Crippen LogP) is 6.26. The van der Waals surface area contributed by atoms with Gasteiger partial charge in [0.2, 0.25) is 0 Å². The second kappa shape index (κ2) is 9.67. The van der Waals surface area contributed by atoms with Crippen LogP contribution in [-0.2, 0) is 22.5 Å². The monoisotopic (exact) mass is 509 g/mol. The van der Waals surface area contributed by atoms with Crippen LogP contribution in [0.1, 0.15) is 35.3 Å². The largest absolute Gasteiger partial charge is 0.481 e. The van der Waals surface area contributed by atoms with Gasteiger partial charge in [0, 0.05) is 10.0 Å². The lowest BCUT2D eigenvalue weighted by Crippen LogP contribution is -2.31. The van der Waals surface area contributed by atoms with Crippen LogP contribution in [0.4, 0.5) is 4.79 Å². The summed E-state index contributed by atoms with van der Waals surface area (Å²) in [6, 6.07) is 20.6. The van der Waals surface area contributed by atoms with E-state index in [9.17, 15) is 9.59 Å². The van der Waals surface area contributed by atoms with E-state index in [1.54, 1.807) is 11.0 Å². The zero-order chi connectivity index (χ0) is 23.5. The maximum atomic E-state index is 12.7. The van der Waals surface area contributed by atoms with Crippen LogP contribution < -0.4 is 4.74 Å². The molecule has 33 heavy (non-hydrogen) atoms. The smallest absolute Gasteiger partial charge is 0.411 e. The fraction of sp³-hybridized carbons (Fsp3) is 0.231. The van der Waals surface area contributed by atoms with E-state index in [1.165, 1.54) is 0 Å². The Kier molecular flexibility index (Phi) is 6.70. The van der Waals surface area contributed by atoms with Crippen molar-refractivity contribution in [2.45, 2.75) is 39.0 Å². The van der Waals surface area contributed by atoms with Crippen molar-refractivity contribution in [1.82, 2.24) is 4.90 Å². The number of hydrogen-bond donors (Lipinski definition) is 1. The van der Waals surface area contributed by atoms with Crippen LogP contribution in [0.15, 0.2) is 71.2 Å². The van der Waals surface area contributed by atoms with E-state index >= 15 is 0 Å². The number of carbonyl (C=O) groups is 2. The molecule has 0 saturated carbocycles. The van der Waals surface area contributed by atoms with Crippen LogP contribution in [0.3, 0.4) is 0 Å². The summed E-state index contributed by atoms with van der Waals surface area (Å²) in [5, 5.41) is 9.16. The van der Waals surface area contributed by atoms with Gasteiger partial charge in [-0.2, -0.15) is 0 Å². The molecule has 1 heterocycles. The lowest BCUT2D eigenvalue weighted by molar-refractivity contribution is -0.136. The van der Waals surface area contributed by atoms with Gasteiger partial charge in [0.15, 0.2) is 0 Å². The van der Waals surface area contributed by atoms with Gasteiger partial charge in [-0.05, 0) is 60.9 Å². The number of carboxylic acid groups (broad SMARTS) is 1. The van der Waals surface area contributed by atoms with Crippen molar-refractivity contribution < 1.29 is 24.2 Å². The molecular weight excluding hydrogens is 486 g/mol. The third kappa shape index (κ3) is 5.20. The molecule has 0 spiro atoms. The first-order chi connectivity index (χ1) is 15.8. The minimum Gasteiger partial charge on any atom is -0.481 e. The number of amides is 1. The summed E-state index contributed by atoms with van der Waals surface area (Å²) in [5.41, 5.74) is 3.35. The number of carbonyl (C=O) groups excluding carboxylic acids is 1. The molecule has 1 amide bonds. The van der Waals surface area contributed by atoms with Crippen LogP contribution in [0.25, 0.3) is 0 Å². The molecule has 170 valence electrons. The van der Waals surface area contributed by atoms with E-state index in [2.05, 4.69) is 15.9 Å². The number of aliphatic carboxylic acids is 1. The average molecular weight is 510 g/mol. The molecule has 1 saturated heterocycles. The molecule has 1 aliphatic heterocycles. The van der Waals surface area contributed by atoms with Gasteiger partial charge in [-0.1, -0.05) is 52.3 Å². The van der Waals surface area contributed by atoms with Crippen molar-refractivity contribution in [3.05, 3.63) is 93.5 Å². The van der Waals surface area contributed by atoms with Crippen LogP contribution in [-0.4, -0.2) is 28.1 Å². The Morgan fingerprint density at radius 2 is 1.85 bits per heavy atom. The lowest BCUT2D eigenvalue weighted by atomic mass is 10.0. The standard InChI is InChI=1S/C26H24BrNO5/c1-16-8-10-22(13-19(16)14-24(29)30)32-23-11-9-21(27)12-20(23)15-28-17(2)25(33-26(28)31)18-6-4-3-5-7-18/h3-13,17,25H,14-15H2,1-2H3,(H,29,30)/t17-,25-/m0/s1. The molecule has 0 aromatic heterocycles. The summed E-state index contributed by atoms with van der Waals surface area (Å²) >= 11 is 3.50. The number of aryl methyl sites for hydroxylation is 1. The molecule has 1 N–H and O–H groups in total. The molecule has 0 aliphatic carbocycles. The van der Waals surface area contributed by atoms with Crippen molar-refractivity contribution in [2.75, 3.05) is 0 Å². The molecule has 4 rings (SSSR count). The molecule has 1 fully saturated rings. The highest BCUT2D eigenvalue weighted by Gasteiger charge is 2.39. The number of halogens is 1. The summed E-state index contributed by atoms with van der Waals surface area (Å²) in [6.45, 7) is 4.15. The Hall–Kier alpha value is -3.32. The van der Waals surface area contributed by atoms with Gasteiger partial charge < -0.3 is 14.6 Å². The van der Waals surface area contributed by atoms with E-state index < -0.39 is 5.97 Å². The Morgan fingerprint density at radius 3 is 2.58 bits per heavy atom. The predicted molar refractivity (Wildman–Crippen MR) is 127 cm³/mol. The first-order valence-electron chi connectivity index (χ1n) is 10.6. The maximum Gasteiger partial charge on any atom is 0.411 e. The van der Waals surface area contributed by atoms with Crippen molar-refractivity contribution in [3.63, 3.8) is 0 Å². The van der Waals surface area contributed by atoms with E-state index in [1.807, 2.05) is 74.5 Å². The zero-order valence-electron chi connectivity index (χ0n) is 18.3. The minimum atomic E-state index is -0.894. The van der Waals surface area contributed by atoms with Gasteiger partial charge in [-0.15, -0.1) is 0 Å².